The van der Waals surface area contributed by atoms with Gasteiger partial charge in [0.15, 0.2) is 0 Å². The van der Waals surface area contributed by atoms with E-state index < -0.39 is 0 Å². The summed E-state index contributed by atoms with van der Waals surface area (Å²) in [6.45, 7) is 8.33. The van der Waals surface area contributed by atoms with Gasteiger partial charge < -0.3 is 10.2 Å². The van der Waals surface area contributed by atoms with E-state index in [1.807, 2.05) is 48.7 Å². The summed E-state index contributed by atoms with van der Waals surface area (Å²) in [5, 5.41) is 11.7. The summed E-state index contributed by atoms with van der Waals surface area (Å²) in [5.74, 6) is 0.0506. The van der Waals surface area contributed by atoms with Gasteiger partial charge in [-0.2, -0.15) is 10.2 Å². The summed E-state index contributed by atoms with van der Waals surface area (Å²) in [6.07, 6.45) is 4.64. The van der Waals surface area contributed by atoms with E-state index in [9.17, 15) is 9.59 Å². The van der Waals surface area contributed by atoms with E-state index in [-0.39, 0.29) is 23.8 Å². The number of carbonyl (C=O) groups excluding carboxylic acids is 2. The van der Waals surface area contributed by atoms with Crippen molar-refractivity contribution >= 4 is 11.8 Å². The summed E-state index contributed by atoms with van der Waals surface area (Å²) in [6, 6.07) is 4.02. The van der Waals surface area contributed by atoms with Gasteiger partial charge in [0.25, 0.3) is 0 Å². The van der Waals surface area contributed by atoms with Crippen LogP contribution in [0.3, 0.4) is 0 Å². The van der Waals surface area contributed by atoms with Crippen LogP contribution in [-0.2, 0) is 35.6 Å². The molecule has 27 heavy (non-hydrogen) atoms. The monoisotopic (exact) mass is 372 g/mol. The van der Waals surface area contributed by atoms with Crippen LogP contribution < -0.4 is 5.32 Å². The maximum Gasteiger partial charge on any atom is 0.227 e. The highest BCUT2D eigenvalue weighted by Crippen LogP contribution is 2.17. The minimum atomic E-state index is -0.126. The van der Waals surface area contributed by atoms with Gasteiger partial charge in [0.2, 0.25) is 11.8 Å². The Bertz CT molecular complexity index is 780. The molecular formula is C19H28N6O2. The summed E-state index contributed by atoms with van der Waals surface area (Å²) in [5.41, 5.74) is 1.93. The van der Waals surface area contributed by atoms with Crippen molar-refractivity contribution < 1.29 is 9.59 Å². The van der Waals surface area contributed by atoms with Gasteiger partial charge in [-0.15, -0.1) is 0 Å². The molecule has 0 saturated heterocycles. The van der Waals surface area contributed by atoms with Crippen molar-refractivity contribution in [2.24, 2.45) is 5.92 Å². The zero-order valence-electron chi connectivity index (χ0n) is 16.3. The highest BCUT2D eigenvalue weighted by Gasteiger charge is 2.26. The molecule has 3 rings (SSSR count). The van der Waals surface area contributed by atoms with Crippen LogP contribution in [0.15, 0.2) is 24.5 Å². The van der Waals surface area contributed by atoms with Crippen molar-refractivity contribution in [2.75, 3.05) is 6.54 Å². The second kappa shape index (κ2) is 8.37. The summed E-state index contributed by atoms with van der Waals surface area (Å²) >= 11 is 0. The molecule has 8 nitrogen and oxygen atoms in total. The Kier molecular flexibility index (Phi) is 5.93. The van der Waals surface area contributed by atoms with Crippen molar-refractivity contribution in [1.29, 1.82) is 0 Å². The van der Waals surface area contributed by atoms with Crippen LogP contribution in [0.5, 0.6) is 0 Å². The van der Waals surface area contributed by atoms with E-state index in [1.54, 1.807) is 10.9 Å². The molecule has 1 aliphatic heterocycles. The Morgan fingerprint density at radius 2 is 2.07 bits per heavy atom. The van der Waals surface area contributed by atoms with Crippen LogP contribution in [0.25, 0.3) is 0 Å². The molecule has 2 amide bonds. The summed E-state index contributed by atoms with van der Waals surface area (Å²) < 4.78 is 3.74. The fourth-order valence-electron chi connectivity index (χ4n) is 3.35. The van der Waals surface area contributed by atoms with Crippen molar-refractivity contribution in [3.05, 3.63) is 35.9 Å². The molecule has 0 radical (unpaired) electrons. The maximum absolute atomic E-state index is 12.8. The number of nitrogens with one attached hydrogen (secondary N) is 1. The van der Waals surface area contributed by atoms with Gasteiger partial charge in [-0.25, -0.2) is 0 Å². The smallest absolute Gasteiger partial charge is 0.227 e. The normalized spacial score (nSPS) is 14.9. The fraction of sp³-hybridized carbons (Fsp3) is 0.579. The van der Waals surface area contributed by atoms with Crippen LogP contribution in [0.4, 0.5) is 0 Å². The standard InChI is InChI=1S/C19H28N6O2/c1-14(2)21-18(26)6-5-16-11-17-13-23(9-10-25(17)22-16)19(27)15(3)12-24-8-4-7-20-24/h4,7-8,11,14-15H,5-6,9-10,12-13H2,1-3H3,(H,21,26). The number of amides is 2. The van der Waals surface area contributed by atoms with Crippen LogP contribution in [0, 0.1) is 5.92 Å². The molecule has 1 unspecified atom stereocenters. The topological polar surface area (TPSA) is 85.0 Å². The average Bonchev–Trinajstić information content (AvgIpc) is 3.27. The molecule has 1 atom stereocenters. The number of hydrogen-bond donors (Lipinski definition) is 1. The molecule has 0 saturated carbocycles. The molecule has 0 fully saturated rings. The second-order valence-corrected chi connectivity index (χ2v) is 7.46. The first kappa shape index (κ1) is 19.1. The number of hydrogen-bond acceptors (Lipinski definition) is 4. The lowest BCUT2D eigenvalue weighted by Gasteiger charge is -2.30. The van der Waals surface area contributed by atoms with Crippen molar-refractivity contribution in [3.63, 3.8) is 0 Å². The number of rotatable bonds is 7. The minimum absolute atomic E-state index is 0.0419. The quantitative estimate of drug-likeness (QED) is 0.792. The Morgan fingerprint density at radius 3 is 2.78 bits per heavy atom. The fourth-order valence-corrected chi connectivity index (χ4v) is 3.35. The van der Waals surface area contributed by atoms with E-state index in [0.717, 1.165) is 11.4 Å². The molecule has 1 aliphatic rings. The summed E-state index contributed by atoms with van der Waals surface area (Å²) in [7, 11) is 0. The number of carbonyl (C=O) groups is 2. The van der Waals surface area contributed by atoms with Crippen LogP contribution in [0.1, 0.15) is 38.6 Å². The molecule has 0 aliphatic carbocycles. The Morgan fingerprint density at radius 1 is 1.26 bits per heavy atom. The SMILES string of the molecule is CC(C)NC(=O)CCc1cc2n(n1)CCN(C(=O)C(C)Cn1cccn1)C2. The molecule has 8 heteroatoms. The van der Waals surface area contributed by atoms with Gasteiger partial charge in [0.05, 0.1) is 36.9 Å². The molecule has 0 aromatic carbocycles. The largest absolute Gasteiger partial charge is 0.354 e. The van der Waals surface area contributed by atoms with E-state index in [4.69, 9.17) is 0 Å². The predicted octanol–water partition coefficient (Wildman–Crippen LogP) is 1.22. The highest BCUT2D eigenvalue weighted by atomic mass is 16.2. The van der Waals surface area contributed by atoms with Crippen LogP contribution in [0.2, 0.25) is 0 Å². The molecule has 0 spiro atoms. The van der Waals surface area contributed by atoms with Gasteiger partial charge >= 0.3 is 0 Å². The molecule has 146 valence electrons. The first-order chi connectivity index (χ1) is 12.9. The molecule has 2 aromatic rings. The lowest BCUT2D eigenvalue weighted by atomic mass is 10.1. The third-order valence-corrected chi connectivity index (χ3v) is 4.66. The van der Waals surface area contributed by atoms with E-state index >= 15 is 0 Å². The predicted molar refractivity (Wildman–Crippen MR) is 101 cm³/mol. The van der Waals surface area contributed by atoms with E-state index in [0.29, 0.717) is 39.0 Å². The minimum Gasteiger partial charge on any atom is -0.354 e. The molecule has 2 aromatic heterocycles. The van der Waals surface area contributed by atoms with E-state index in [2.05, 4.69) is 15.5 Å². The van der Waals surface area contributed by atoms with Crippen molar-refractivity contribution in [3.8, 4) is 0 Å². The Hall–Kier alpha value is -2.64. The van der Waals surface area contributed by atoms with E-state index in [1.165, 1.54) is 0 Å². The van der Waals surface area contributed by atoms with Gasteiger partial charge in [0.1, 0.15) is 0 Å². The van der Waals surface area contributed by atoms with Gasteiger partial charge in [0, 0.05) is 37.8 Å². The number of aryl methyl sites for hydroxylation is 1. The third-order valence-electron chi connectivity index (χ3n) is 4.66. The lowest BCUT2D eigenvalue weighted by molar-refractivity contribution is -0.137. The molecule has 0 bridgehead atoms. The molecule has 1 N–H and O–H groups in total. The maximum atomic E-state index is 12.8. The third kappa shape index (κ3) is 4.96. The van der Waals surface area contributed by atoms with Gasteiger partial charge in [-0.05, 0) is 26.0 Å². The lowest BCUT2D eigenvalue weighted by Crippen LogP contribution is -2.41. The van der Waals surface area contributed by atoms with Gasteiger partial charge in [-0.3, -0.25) is 19.0 Å². The Balaban J connectivity index is 1.55. The molecule has 3 heterocycles. The van der Waals surface area contributed by atoms with Crippen LogP contribution >= 0.6 is 0 Å². The number of aromatic nitrogens is 4. The van der Waals surface area contributed by atoms with Crippen LogP contribution in [-0.4, -0.2) is 48.9 Å². The van der Waals surface area contributed by atoms with Crippen molar-refractivity contribution in [2.45, 2.75) is 59.3 Å². The highest BCUT2D eigenvalue weighted by molar-refractivity contribution is 5.78. The Labute approximate surface area is 159 Å². The molecular weight excluding hydrogens is 344 g/mol. The summed E-state index contributed by atoms with van der Waals surface area (Å²) in [4.78, 5) is 26.5. The zero-order chi connectivity index (χ0) is 19.4. The second-order valence-electron chi connectivity index (χ2n) is 7.46. The number of fused-ring (bicyclic) bond motifs is 1. The first-order valence-corrected chi connectivity index (χ1v) is 9.53. The average molecular weight is 372 g/mol. The zero-order valence-corrected chi connectivity index (χ0v) is 16.3. The number of nitrogens with zero attached hydrogens (tertiary/aromatic N) is 5. The van der Waals surface area contributed by atoms with Crippen molar-refractivity contribution in [1.82, 2.24) is 29.8 Å². The first-order valence-electron chi connectivity index (χ1n) is 9.53. The van der Waals surface area contributed by atoms with Gasteiger partial charge in [-0.1, -0.05) is 6.92 Å².